The van der Waals surface area contributed by atoms with Crippen molar-refractivity contribution in [3.63, 3.8) is 0 Å². The van der Waals surface area contributed by atoms with Gasteiger partial charge < -0.3 is 29.6 Å². The highest BCUT2D eigenvalue weighted by Crippen LogP contribution is 2.42. The summed E-state index contributed by atoms with van der Waals surface area (Å²) in [6, 6.07) is 18.5. The molecule has 1 heterocycles. The van der Waals surface area contributed by atoms with E-state index in [0.717, 1.165) is 6.07 Å². The fourth-order valence-corrected chi connectivity index (χ4v) is 5.44. The van der Waals surface area contributed by atoms with E-state index in [0.29, 0.717) is 27.9 Å². The van der Waals surface area contributed by atoms with Crippen LogP contribution in [-0.4, -0.2) is 59.1 Å². The number of aromatic nitrogens is 1. The van der Waals surface area contributed by atoms with Gasteiger partial charge in [-0.05, 0) is 55.3 Å². The van der Waals surface area contributed by atoms with Gasteiger partial charge in [0, 0.05) is 41.4 Å². The fourth-order valence-electron chi connectivity index (χ4n) is 5.44. The molecule has 0 aliphatic carbocycles. The summed E-state index contributed by atoms with van der Waals surface area (Å²) in [6.07, 6.45) is 0.306. The van der Waals surface area contributed by atoms with Crippen LogP contribution in [0.5, 0.6) is 0 Å². The molecule has 0 fully saturated rings. The zero-order chi connectivity index (χ0) is 35.0. The number of methoxy groups -OCH3 is 2. The molecule has 0 saturated heterocycles. The summed E-state index contributed by atoms with van der Waals surface area (Å²) in [6.45, 7) is 3.55. The molecule has 1 amide bonds. The van der Waals surface area contributed by atoms with E-state index in [1.807, 2.05) is 44.2 Å². The molecule has 0 aliphatic heterocycles. The Morgan fingerprint density at radius 1 is 0.896 bits per heavy atom. The number of aliphatic hydroxyl groups excluding tert-OH is 2. The van der Waals surface area contributed by atoms with Gasteiger partial charge in [0.15, 0.2) is 0 Å². The van der Waals surface area contributed by atoms with E-state index in [1.165, 1.54) is 44.6 Å². The molecular formula is C37H38F2N2O7. The minimum Gasteiger partial charge on any atom is -0.469 e. The van der Waals surface area contributed by atoms with Gasteiger partial charge in [0.05, 0.1) is 38.4 Å². The first-order valence-electron chi connectivity index (χ1n) is 15.3. The smallest absolute Gasteiger partial charge is 0.337 e. The molecule has 9 nitrogen and oxygen atoms in total. The second-order valence-electron chi connectivity index (χ2n) is 11.4. The number of aliphatic hydroxyl groups is 2. The highest BCUT2D eigenvalue weighted by Gasteiger charge is 2.29. The van der Waals surface area contributed by atoms with E-state index < -0.39 is 41.7 Å². The SMILES string of the molecule is COC(=O)C[C@H](O)C[C@H](O)C=Cc1c(-c2ccc(F)cc2)c(-c2ccccc2)c(C(=O)NCc2ccc(C(=O)OC)cc2F)n1C(C)C. The van der Waals surface area contributed by atoms with Crippen molar-refractivity contribution in [2.75, 3.05) is 14.2 Å². The maximum atomic E-state index is 15.0. The summed E-state index contributed by atoms with van der Waals surface area (Å²) in [5, 5.41) is 23.9. The van der Waals surface area contributed by atoms with Crippen LogP contribution in [0.15, 0.2) is 78.9 Å². The van der Waals surface area contributed by atoms with Crippen LogP contribution in [0.2, 0.25) is 0 Å². The molecule has 2 atom stereocenters. The lowest BCUT2D eigenvalue weighted by Gasteiger charge is -2.17. The van der Waals surface area contributed by atoms with E-state index in [1.54, 1.807) is 22.8 Å². The third kappa shape index (κ3) is 8.41. The summed E-state index contributed by atoms with van der Waals surface area (Å²) >= 11 is 0. The van der Waals surface area contributed by atoms with Crippen molar-refractivity contribution in [2.45, 2.75) is 51.5 Å². The number of esters is 2. The Labute approximate surface area is 277 Å². The molecule has 48 heavy (non-hydrogen) atoms. The van der Waals surface area contributed by atoms with E-state index in [-0.39, 0.29) is 42.2 Å². The number of nitrogens with one attached hydrogen (secondary N) is 1. The number of hydrogen-bond acceptors (Lipinski definition) is 7. The topological polar surface area (TPSA) is 127 Å². The molecule has 0 spiro atoms. The van der Waals surface area contributed by atoms with Crippen molar-refractivity contribution < 1.29 is 42.9 Å². The Kier molecular flexibility index (Phi) is 12.0. The van der Waals surface area contributed by atoms with Crippen LogP contribution in [0, 0.1) is 11.6 Å². The van der Waals surface area contributed by atoms with Crippen LogP contribution in [0.3, 0.4) is 0 Å². The summed E-state index contributed by atoms with van der Waals surface area (Å²) in [7, 11) is 2.40. The van der Waals surface area contributed by atoms with Crippen LogP contribution in [0.25, 0.3) is 28.3 Å². The maximum Gasteiger partial charge on any atom is 0.337 e. The Morgan fingerprint density at radius 2 is 1.56 bits per heavy atom. The number of carbonyl (C=O) groups excluding carboxylic acids is 3. The molecule has 0 unspecified atom stereocenters. The summed E-state index contributed by atoms with van der Waals surface area (Å²) in [5.41, 5.74) is 3.30. The molecule has 11 heteroatoms. The molecular weight excluding hydrogens is 622 g/mol. The Bertz CT molecular complexity index is 1780. The Balaban J connectivity index is 1.86. The van der Waals surface area contributed by atoms with Gasteiger partial charge in [-0.3, -0.25) is 9.59 Å². The molecule has 4 rings (SSSR count). The van der Waals surface area contributed by atoms with Gasteiger partial charge in [0.25, 0.3) is 5.91 Å². The standard InChI is InChI=1S/C37H38F2N2O7/c1-22(2)41-31(17-16-28(42)19-29(43)20-32(44)47-3)33(24-12-14-27(38)15-13-24)34(23-8-6-5-7-9-23)35(41)36(45)40-21-26-11-10-25(18-30(26)39)37(46)48-4/h5-18,22,28-29,42-43H,19-21H2,1-4H3,(H,40,45)/t28-,29-/m1/s1. The summed E-state index contributed by atoms with van der Waals surface area (Å²) in [5.74, 6) is -2.98. The van der Waals surface area contributed by atoms with Gasteiger partial charge in [-0.15, -0.1) is 0 Å². The van der Waals surface area contributed by atoms with Crippen molar-refractivity contribution in [2.24, 2.45) is 0 Å². The van der Waals surface area contributed by atoms with Gasteiger partial charge in [-0.25, -0.2) is 13.6 Å². The third-order valence-electron chi connectivity index (χ3n) is 7.70. The second-order valence-corrected chi connectivity index (χ2v) is 11.4. The van der Waals surface area contributed by atoms with Gasteiger partial charge in [-0.1, -0.05) is 54.6 Å². The van der Waals surface area contributed by atoms with E-state index in [9.17, 15) is 33.4 Å². The molecule has 0 bridgehead atoms. The molecule has 0 aliphatic rings. The number of rotatable bonds is 13. The van der Waals surface area contributed by atoms with E-state index >= 15 is 0 Å². The molecule has 0 radical (unpaired) electrons. The van der Waals surface area contributed by atoms with Gasteiger partial charge >= 0.3 is 11.9 Å². The second kappa shape index (κ2) is 16.1. The van der Waals surface area contributed by atoms with Crippen LogP contribution in [0.1, 0.15) is 64.8 Å². The minimum atomic E-state index is -1.17. The van der Waals surface area contributed by atoms with Crippen molar-refractivity contribution in [1.29, 1.82) is 0 Å². The first kappa shape index (κ1) is 35.7. The molecule has 3 N–H and O–H groups in total. The zero-order valence-corrected chi connectivity index (χ0v) is 27.1. The van der Waals surface area contributed by atoms with E-state index in [2.05, 4.69) is 14.8 Å². The average molecular weight is 661 g/mol. The summed E-state index contributed by atoms with van der Waals surface area (Å²) in [4.78, 5) is 37.6. The molecule has 1 aromatic heterocycles. The van der Waals surface area contributed by atoms with Crippen molar-refractivity contribution >= 4 is 23.9 Å². The van der Waals surface area contributed by atoms with Gasteiger partial charge in [-0.2, -0.15) is 0 Å². The van der Waals surface area contributed by atoms with Crippen molar-refractivity contribution in [3.05, 3.63) is 113 Å². The minimum absolute atomic E-state index is 0.0329. The van der Waals surface area contributed by atoms with Crippen LogP contribution >= 0.6 is 0 Å². The zero-order valence-electron chi connectivity index (χ0n) is 27.1. The largest absolute Gasteiger partial charge is 0.469 e. The van der Waals surface area contributed by atoms with Crippen LogP contribution < -0.4 is 5.32 Å². The lowest BCUT2D eigenvalue weighted by Crippen LogP contribution is -2.27. The highest BCUT2D eigenvalue weighted by atomic mass is 19.1. The number of hydrogen-bond donors (Lipinski definition) is 3. The number of nitrogens with zero attached hydrogens (tertiary/aromatic N) is 1. The number of amides is 1. The lowest BCUT2D eigenvalue weighted by molar-refractivity contribution is -0.143. The highest BCUT2D eigenvalue weighted by molar-refractivity contribution is 6.06. The quantitative estimate of drug-likeness (QED) is 0.148. The fraction of sp³-hybridized carbons (Fsp3) is 0.270. The van der Waals surface area contributed by atoms with E-state index in [4.69, 9.17) is 0 Å². The first-order valence-corrected chi connectivity index (χ1v) is 15.3. The Morgan fingerprint density at radius 3 is 2.17 bits per heavy atom. The Hall–Kier alpha value is -5.13. The third-order valence-corrected chi connectivity index (χ3v) is 7.70. The monoisotopic (exact) mass is 660 g/mol. The van der Waals surface area contributed by atoms with Gasteiger partial charge in [0.1, 0.15) is 17.3 Å². The molecule has 3 aromatic carbocycles. The number of carbonyl (C=O) groups is 3. The maximum absolute atomic E-state index is 15.0. The number of ether oxygens (including phenoxy) is 2. The predicted molar refractivity (Wildman–Crippen MR) is 177 cm³/mol. The predicted octanol–water partition coefficient (Wildman–Crippen LogP) is 6.09. The number of halogens is 2. The first-order chi connectivity index (χ1) is 22.9. The van der Waals surface area contributed by atoms with Crippen molar-refractivity contribution in [3.8, 4) is 22.3 Å². The van der Waals surface area contributed by atoms with Gasteiger partial charge in [0.2, 0.25) is 0 Å². The molecule has 0 saturated carbocycles. The van der Waals surface area contributed by atoms with Crippen LogP contribution in [0.4, 0.5) is 8.78 Å². The molecule has 4 aromatic rings. The normalized spacial score (nSPS) is 12.6. The average Bonchev–Trinajstić information content (AvgIpc) is 3.42. The number of benzene rings is 3. The lowest BCUT2D eigenvalue weighted by atomic mass is 9.94. The molecule has 252 valence electrons. The van der Waals surface area contributed by atoms with Crippen molar-refractivity contribution in [1.82, 2.24) is 9.88 Å². The summed E-state index contributed by atoms with van der Waals surface area (Å²) < 4.78 is 40.1. The van der Waals surface area contributed by atoms with Crippen LogP contribution in [-0.2, 0) is 20.8 Å².